The Bertz CT molecular complexity index is 522. The van der Waals surface area contributed by atoms with Crippen molar-refractivity contribution in [1.82, 2.24) is 10.0 Å². The summed E-state index contributed by atoms with van der Waals surface area (Å²) < 4.78 is 31.8. The third-order valence-corrected chi connectivity index (χ3v) is 5.22. The van der Waals surface area contributed by atoms with E-state index in [1.165, 1.54) is 12.8 Å². The first-order valence-electron chi connectivity index (χ1n) is 7.55. The molecule has 1 aromatic rings. The minimum Gasteiger partial charge on any atom is -0.494 e. The molecule has 1 fully saturated rings. The van der Waals surface area contributed by atoms with Crippen LogP contribution >= 0.6 is 0 Å². The number of hydrogen-bond donors (Lipinski definition) is 2. The molecule has 21 heavy (non-hydrogen) atoms. The van der Waals surface area contributed by atoms with Crippen LogP contribution in [0.4, 0.5) is 0 Å². The largest absolute Gasteiger partial charge is 0.494 e. The summed E-state index contributed by atoms with van der Waals surface area (Å²) in [5.74, 6) is 1.40. The van der Waals surface area contributed by atoms with Gasteiger partial charge in [-0.1, -0.05) is 6.92 Å². The molecule has 1 aliphatic rings. The summed E-state index contributed by atoms with van der Waals surface area (Å²) in [6.45, 7) is 5.01. The van der Waals surface area contributed by atoms with Gasteiger partial charge in [0.05, 0.1) is 11.5 Å². The van der Waals surface area contributed by atoms with E-state index in [-0.39, 0.29) is 4.90 Å². The number of piperidine rings is 1. The predicted molar refractivity (Wildman–Crippen MR) is 83.0 cm³/mol. The van der Waals surface area contributed by atoms with Gasteiger partial charge in [-0.2, -0.15) is 0 Å². The predicted octanol–water partition coefficient (Wildman–Crippen LogP) is 1.75. The molecule has 0 aromatic heterocycles. The maximum absolute atomic E-state index is 11.8. The summed E-state index contributed by atoms with van der Waals surface area (Å²) in [4.78, 5) is 0.271. The molecular formula is C15H24N2O3S. The van der Waals surface area contributed by atoms with Gasteiger partial charge in [0, 0.05) is 6.54 Å². The van der Waals surface area contributed by atoms with Gasteiger partial charge >= 0.3 is 0 Å². The maximum Gasteiger partial charge on any atom is 0.240 e. The van der Waals surface area contributed by atoms with Crippen molar-refractivity contribution in [2.75, 3.05) is 26.2 Å². The van der Waals surface area contributed by atoms with Gasteiger partial charge in [0.15, 0.2) is 0 Å². The van der Waals surface area contributed by atoms with Crippen LogP contribution in [0.25, 0.3) is 0 Å². The molecule has 1 unspecified atom stereocenters. The molecule has 1 aromatic carbocycles. The van der Waals surface area contributed by atoms with Gasteiger partial charge in [-0.05, 0) is 62.5 Å². The second-order valence-corrected chi connectivity index (χ2v) is 7.09. The van der Waals surface area contributed by atoms with Gasteiger partial charge in [0.2, 0.25) is 10.0 Å². The Kier molecular flexibility index (Phi) is 6.02. The van der Waals surface area contributed by atoms with Crippen molar-refractivity contribution in [2.24, 2.45) is 5.92 Å². The van der Waals surface area contributed by atoms with Gasteiger partial charge < -0.3 is 10.1 Å². The van der Waals surface area contributed by atoms with E-state index in [1.54, 1.807) is 31.2 Å². The molecule has 0 aliphatic carbocycles. The highest BCUT2D eigenvalue weighted by Gasteiger charge is 2.14. The first-order valence-corrected chi connectivity index (χ1v) is 9.03. The zero-order valence-corrected chi connectivity index (χ0v) is 13.3. The summed E-state index contributed by atoms with van der Waals surface area (Å²) in [6, 6.07) is 6.58. The molecule has 5 nitrogen and oxygen atoms in total. The number of sulfonamides is 1. The lowest BCUT2D eigenvalue weighted by Gasteiger charge is -2.22. The van der Waals surface area contributed by atoms with Crippen LogP contribution in [0.2, 0.25) is 0 Å². The fraction of sp³-hybridized carbons (Fsp3) is 0.600. The van der Waals surface area contributed by atoms with Crippen LogP contribution < -0.4 is 14.8 Å². The molecule has 1 aliphatic heterocycles. The van der Waals surface area contributed by atoms with Crippen LogP contribution in [0.5, 0.6) is 5.75 Å². The van der Waals surface area contributed by atoms with Gasteiger partial charge in [0.1, 0.15) is 5.75 Å². The Morgan fingerprint density at radius 3 is 2.71 bits per heavy atom. The molecular weight excluding hydrogens is 288 g/mol. The highest BCUT2D eigenvalue weighted by Crippen LogP contribution is 2.18. The Labute approximate surface area is 127 Å². The molecule has 0 spiro atoms. The monoisotopic (exact) mass is 312 g/mol. The van der Waals surface area contributed by atoms with Crippen LogP contribution in [-0.2, 0) is 10.0 Å². The highest BCUT2D eigenvalue weighted by molar-refractivity contribution is 7.89. The Morgan fingerprint density at radius 2 is 2.10 bits per heavy atom. The van der Waals surface area contributed by atoms with Crippen molar-refractivity contribution in [2.45, 2.75) is 31.1 Å². The van der Waals surface area contributed by atoms with Crippen molar-refractivity contribution in [3.05, 3.63) is 24.3 Å². The van der Waals surface area contributed by atoms with Crippen LogP contribution in [0.15, 0.2) is 29.2 Å². The second kappa shape index (κ2) is 7.77. The lowest BCUT2D eigenvalue weighted by atomic mass is 9.97. The summed E-state index contributed by atoms with van der Waals surface area (Å²) in [6.07, 6.45) is 3.53. The van der Waals surface area contributed by atoms with Gasteiger partial charge in [-0.15, -0.1) is 0 Å². The molecule has 118 valence electrons. The van der Waals surface area contributed by atoms with Gasteiger partial charge in [0.25, 0.3) is 0 Å². The van der Waals surface area contributed by atoms with E-state index in [0.717, 1.165) is 19.5 Å². The second-order valence-electron chi connectivity index (χ2n) is 5.32. The number of rotatable bonds is 7. The zero-order chi connectivity index (χ0) is 15.1. The first kappa shape index (κ1) is 16.3. The lowest BCUT2D eigenvalue weighted by Crippen LogP contribution is -2.30. The topological polar surface area (TPSA) is 67.4 Å². The van der Waals surface area contributed by atoms with Crippen LogP contribution in [-0.4, -0.2) is 34.7 Å². The molecule has 2 N–H and O–H groups in total. The fourth-order valence-corrected chi connectivity index (χ4v) is 3.54. The Morgan fingerprint density at radius 1 is 1.33 bits per heavy atom. The minimum atomic E-state index is -3.38. The summed E-state index contributed by atoms with van der Waals surface area (Å²) in [7, 11) is -3.38. The number of ether oxygens (including phenoxy) is 1. The Balaban J connectivity index is 1.82. The van der Waals surface area contributed by atoms with E-state index in [2.05, 4.69) is 10.0 Å². The zero-order valence-electron chi connectivity index (χ0n) is 12.5. The molecule has 0 saturated carbocycles. The standard InChI is InChI=1S/C15H24N2O3S/c1-2-17-21(18,19)15-7-5-14(6-8-15)20-11-9-13-4-3-10-16-12-13/h5-8,13,16-17H,2-4,9-12H2,1H3. The summed E-state index contributed by atoms with van der Waals surface area (Å²) in [5, 5.41) is 3.39. The van der Waals surface area contributed by atoms with E-state index in [4.69, 9.17) is 4.74 Å². The third-order valence-electron chi connectivity index (χ3n) is 3.66. The fourth-order valence-electron chi connectivity index (χ4n) is 2.50. The number of benzene rings is 1. The van der Waals surface area contributed by atoms with E-state index < -0.39 is 10.0 Å². The summed E-state index contributed by atoms with van der Waals surface area (Å²) >= 11 is 0. The van der Waals surface area contributed by atoms with Crippen LogP contribution in [0.1, 0.15) is 26.2 Å². The van der Waals surface area contributed by atoms with E-state index in [9.17, 15) is 8.42 Å². The number of nitrogens with one attached hydrogen (secondary N) is 2. The van der Waals surface area contributed by atoms with Crippen LogP contribution in [0.3, 0.4) is 0 Å². The Hall–Kier alpha value is -1.11. The number of hydrogen-bond acceptors (Lipinski definition) is 4. The maximum atomic E-state index is 11.8. The van der Waals surface area contributed by atoms with Crippen molar-refractivity contribution < 1.29 is 13.2 Å². The molecule has 1 heterocycles. The van der Waals surface area contributed by atoms with Crippen molar-refractivity contribution in [3.8, 4) is 5.75 Å². The van der Waals surface area contributed by atoms with Crippen molar-refractivity contribution in [3.63, 3.8) is 0 Å². The summed E-state index contributed by atoms with van der Waals surface area (Å²) in [5.41, 5.74) is 0. The lowest BCUT2D eigenvalue weighted by molar-refractivity contribution is 0.254. The van der Waals surface area contributed by atoms with E-state index in [0.29, 0.717) is 24.8 Å². The van der Waals surface area contributed by atoms with Crippen LogP contribution in [0, 0.1) is 5.92 Å². The van der Waals surface area contributed by atoms with Crippen molar-refractivity contribution >= 4 is 10.0 Å². The van der Waals surface area contributed by atoms with Gasteiger partial charge in [-0.25, -0.2) is 13.1 Å². The average molecular weight is 312 g/mol. The van der Waals surface area contributed by atoms with E-state index in [1.807, 2.05) is 0 Å². The molecule has 0 radical (unpaired) electrons. The first-order chi connectivity index (χ1) is 10.1. The van der Waals surface area contributed by atoms with Crippen molar-refractivity contribution in [1.29, 1.82) is 0 Å². The highest BCUT2D eigenvalue weighted by atomic mass is 32.2. The molecule has 0 bridgehead atoms. The molecule has 0 amide bonds. The molecule has 1 atom stereocenters. The third kappa shape index (κ3) is 4.98. The SMILES string of the molecule is CCNS(=O)(=O)c1ccc(OCCC2CCCNC2)cc1. The minimum absolute atomic E-state index is 0.271. The molecule has 6 heteroatoms. The van der Waals surface area contributed by atoms with Gasteiger partial charge in [-0.3, -0.25) is 0 Å². The molecule has 1 saturated heterocycles. The smallest absolute Gasteiger partial charge is 0.240 e. The quantitative estimate of drug-likeness (QED) is 0.805. The normalized spacial score (nSPS) is 19.4. The molecule has 2 rings (SSSR count). The average Bonchev–Trinajstić information content (AvgIpc) is 2.49. The van der Waals surface area contributed by atoms with E-state index >= 15 is 0 Å².